The van der Waals surface area contributed by atoms with Crippen LogP contribution in [0.15, 0.2) is 42.5 Å². The Hall–Kier alpha value is -2.00. The van der Waals surface area contributed by atoms with Crippen molar-refractivity contribution in [1.82, 2.24) is 0 Å². The third-order valence-electron chi connectivity index (χ3n) is 4.02. The van der Waals surface area contributed by atoms with Gasteiger partial charge in [0.15, 0.2) is 0 Å². The van der Waals surface area contributed by atoms with Gasteiger partial charge in [0.25, 0.3) is 0 Å². The minimum atomic E-state index is 0.250. The van der Waals surface area contributed by atoms with E-state index < -0.39 is 0 Å². The molecular formula is C19H25NO2. The van der Waals surface area contributed by atoms with Crippen LogP contribution in [0.3, 0.4) is 0 Å². The molecule has 1 atom stereocenters. The molecule has 3 nitrogen and oxygen atoms in total. The van der Waals surface area contributed by atoms with Crippen molar-refractivity contribution in [2.75, 3.05) is 20.8 Å². The van der Waals surface area contributed by atoms with Crippen LogP contribution in [0.5, 0.6) is 11.5 Å². The van der Waals surface area contributed by atoms with E-state index in [1.54, 1.807) is 14.2 Å². The number of methoxy groups -OCH3 is 2. The SMILES string of the molecule is CCc1ccc(C(CCN)c2cc(OC)cc(OC)c2)cc1. The van der Waals surface area contributed by atoms with E-state index in [1.165, 1.54) is 16.7 Å². The van der Waals surface area contributed by atoms with Crippen molar-refractivity contribution in [2.24, 2.45) is 5.73 Å². The van der Waals surface area contributed by atoms with Gasteiger partial charge in [0.2, 0.25) is 0 Å². The Balaban J connectivity index is 2.41. The summed E-state index contributed by atoms with van der Waals surface area (Å²) in [5.74, 6) is 1.86. The smallest absolute Gasteiger partial charge is 0.122 e. The fourth-order valence-corrected chi connectivity index (χ4v) is 2.71. The number of hydrogen-bond acceptors (Lipinski definition) is 3. The first-order valence-electron chi connectivity index (χ1n) is 7.73. The fourth-order valence-electron chi connectivity index (χ4n) is 2.71. The molecular weight excluding hydrogens is 274 g/mol. The molecule has 1 unspecified atom stereocenters. The van der Waals surface area contributed by atoms with E-state index in [1.807, 2.05) is 6.07 Å². The Labute approximate surface area is 133 Å². The van der Waals surface area contributed by atoms with Crippen LogP contribution >= 0.6 is 0 Å². The van der Waals surface area contributed by atoms with E-state index in [9.17, 15) is 0 Å². The van der Waals surface area contributed by atoms with Gasteiger partial charge in [-0.1, -0.05) is 31.2 Å². The highest BCUT2D eigenvalue weighted by molar-refractivity contribution is 5.43. The largest absolute Gasteiger partial charge is 0.497 e. The van der Waals surface area contributed by atoms with Crippen molar-refractivity contribution in [3.05, 3.63) is 59.2 Å². The molecule has 0 fully saturated rings. The van der Waals surface area contributed by atoms with Gasteiger partial charge in [-0.2, -0.15) is 0 Å². The molecule has 2 aromatic carbocycles. The van der Waals surface area contributed by atoms with E-state index in [2.05, 4.69) is 43.3 Å². The van der Waals surface area contributed by atoms with E-state index in [0.717, 1.165) is 24.3 Å². The topological polar surface area (TPSA) is 44.5 Å². The van der Waals surface area contributed by atoms with Crippen LogP contribution in [0.4, 0.5) is 0 Å². The van der Waals surface area contributed by atoms with Gasteiger partial charge in [-0.05, 0) is 48.2 Å². The van der Waals surface area contributed by atoms with Crippen LogP contribution in [-0.2, 0) is 6.42 Å². The van der Waals surface area contributed by atoms with E-state index in [0.29, 0.717) is 6.54 Å². The van der Waals surface area contributed by atoms with Gasteiger partial charge in [-0.3, -0.25) is 0 Å². The molecule has 118 valence electrons. The molecule has 0 bridgehead atoms. The highest BCUT2D eigenvalue weighted by Gasteiger charge is 2.16. The number of aryl methyl sites for hydroxylation is 1. The summed E-state index contributed by atoms with van der Waals surface area (Å²) < 4.78 is 10.8. The van der Waals surface area contributed by atoms with E-state index >= 15 is 0 Å². The summed E-state index contributed by atoms with van der Waals surface area (Å²) >= 11 is 0. The Morgan fingerprint density at radius 3 is 1.95 bits per heavy atom. The van der Waals surface area contributed by atoms with Crippen LogP contribution in [0.25, 0.3) is 0 Å². The van der Waals surface area contributed by atoms with Gasteiger partial charge in [0.05, 0.1) is 14.2 Å². The standard InChI is InChI=1S/C19H25NO2/c1-4-14-5-7-15(8-6-14)19(9-10-20)16-11-17(21-2)13-18(12-16)22-3/h5-8,11-13,19H,4,9-10,20H2,1-3H3. The number of ether oxygens (including phenoxy) is 2. The molecule has 0 saturated heterocycles. The molecule has 0 spiro atoms. The predicted molar refractivity (Wildman–Crippen MR) is 90.9 cm³/mol. The molecule has 2 rings (SSSR count). The first-order valence-corrected chi connectivity index (χ1v) is 7.73. The Kier molecular flexibility index (Phi) is 5.84. The minimum absolute atomic E-state index is 0.250. The van der Waals surface area contributed by atoms with Crippen molar-refractivity contribution >= 4 is 0 Å². The summed E-state index contributed by atoms with van der Waals surface area (Å²) in [6.07, 6.45) is 1.94. The number of benzene rings is 2. The van der Waals surface area contributed by atoms with Crippen LogP contribution in [-0.4, -0.2) is 20.8 Å². The normalized spacial score (nSPS) is 12.0. The van der Waals surface area contributed by atoms with Crippen molar-refractivity contribution in [1.29, 1.82) is 0 Å². The lowest BCUT2D eigenvalue weighted by Gasteiger charge is -2.19. The molecule has 0 heterocycles. The number of rotatable bonds is 7. The molecule has 0 saturated carbocycles. The quantitative estimate of drug-likeness (QED) is 0.847. The number of nitrogens with two attached hydrogens (primary N) is 1. The second-order valence-electron chi connectivity index (χ2n) is 5.37. The lowest BCUT2D eigenvalue weighted by Crippen LogP contribution is -2.09. The summed E-state index contributed by atoms with van der Waals surface area (Å²) in [4.78, 5) is 0. The average molecular weight is 299 g/mol. The Bertz CT molecular complexity index is 571. The highest BCUT2D eigenvalue weighted by Crippen LogP contribution is 2.33. The molecule has 0 aromatic heterocycles. The third-order valence-corrected chi connectivity index (χ3v) is 4.02. The first-order chi connectivity index (χ1) is 10.7. The molecule has 3 heteroatoms. The molecule has 0 aliphatic heterocycles. The maximum atomic E-state index is 5.84. The zero-order valence-corrected chi connectivity index (χ0v) is 13.6. The summed E-state index contributed by atoms with van der Waals surface area (Å²) in [7, 11) is 3.35. The van der Waals surface area contributed by atoms with Crippen molar-refractivity contribution < 1.29 is 9.47 Å². The zero-order valence-electron chi connectivity index (χ0n) is 13.6. The maximum Gasteiger partial charge on any atom is 0.122 e. The highest BCUT2D eigenvalue weighted by atomic mass is 16.5. The molecule has 0 aliphatic rings. The Morgan fingerprint density at radius 2 is 1.50 bits per heavy atom. The van der Waals surface area contributed by atoms with Gasteiger partial charge < -0.3 is 15.2 Å². The molecule has 2 aromatic rings. The second kappa shape index (κ2) is 7.85. The van der Waals surface area contributed by atoms with Crippen LogP contribution < -0.4 is 15.2 Å². The monoisotopic (exact) mass is 299 g/mol. The van der Waals surface area contributed by atoms with Crippen molar-refractivity contribution in [3.8, 4) is 11.5 Å². The minimum Gasteiger partial charge on any atom is -0.497 e. The van der Waals surface area contributed by atoms with E-state index in [-0.39, 0.29) is 5.92 Å². The van der Waals surface area contributed by atoms with Gasteiger partial charge in [0, 0.05) is 12.0 Å². The summed E-state index contributed by atoms with van der Waals surface area (Å²) in [6, 6.07) is 14.8. The van der Waals surface area contributed by atoms with Gasteiger partial charge in [-0.15, -0.1) is 0 Å². The van der Waals surface area contributed by atoms with Crippen molar-refractivity contribution in [3.63, 3.8) is 0 Å². The molecule has 22 heavy (non-hydrogen) atoms. The maximum absolute atomic E-state index is 5.84. The molecule has 0 aliphatic carbocycles. The lowest BCUT2D eigenvalue weighted by atomic mass is 9.87. The molecule has 0 radical (unpaired) electrons. The van der Waals surface area contributed by atoms with Crippen LogP contribution in [0, 0.1) is 0 Å². The second-order valence-corrected chi connectivity index (χ2v) is 5.37. The van der Waals surface area contributed by atoms with Gasteiger partial charge in [-0.25, -0.2) is 0 Å². The lowest BCUT2D eigenvalue weighted by molar-refractivity contribution is 0.393. The van der Waals surface area contributed by atoms with Crippen molar-refractivity contribution in [2.45, 2.75) is 25.7 Å². The number of hydrogen-bond donors (Lipinski definition) is 1. The van der Waals surface area contributed by atoms with Crippen LogP contribution in [0.2, 0.25) is 0 Å². The van der Waals surface area contributed by atoms with Gasteiger partial charge >= 0.3 is 0 Å². The molecule has 0 amide bonds. The molecule has 2 N–H and O–H groups in total. The first kappa shape index (κ1) is 16.4. The van der Waals surface area contributed by atoms with E-state index in [4.69, 9.17) is 15.2 Å². The Morgan fingerprint density at radius 1 is 0.909 bits per heavy atom. The summed E-state index contributed by atoms with van der Waals surface area (Å²) in [6.45, 7) is 2.80. The predicted octanol–water partition coefficient (Wildman–Crippen LogP) is 3.75. The average Bonchev–Trinajstić information content (AvgIpc) is 2.59. The summed E-state index contributed by atoms with van der Waals surface area (Å²) in [5, 5.41) is 0. The summed E-state index contributed by atoms with van der Waals surface area (Å²) in [5.41, 5.74) is 9.63. The van der Waals surface area contributed by atoms with Crippen LogP contribution in [0.1, 0.15) is 36.0 Å². The zero-order chi connectivity index (χ0) is 15.9. The third kappa shape index (κ3) is 3.80. The fraction of sp³-hybridized carbons (Fsp3) is 0.368. The van der Waals surface area contributed by atoms with Gasteiger partial charge in [0.1, 0.15) is 11.5 Å².